The highest BCUT2D eigenvalue weighted by molar-refractivity contribution is 7.89. The maximum atomic E-state index is 12.7. The van der Waals surface area contributed by atoms with Crippen molar-refractivity contribution >= 4 is 28.1 Å². The lowest BCUT2D eigenvalue weighted by Crippen LogP contribution is -2.43. The standard InChI is InChI=1S/C13H17N3O4S.ClH/c17-16(18)12-3-1-2-4-13(12)21(19,20)15-6-5-10-7-14-8-11(10)9-15;/h1-4,10-11,14H,5-9H2;1H. The first kappa shape index (κ1) is 17.1. The summed E-state index contributed by atoms with van der Waals surface area (Å²) in [6, 6.07) is 5.54. The molecule has 2 heterocycles. The zero-order valence-corrected chi connectivity index (χ0v) is 13.5. The molecule has 0 saturated carbocycles. The van der Waals surface area contributed by atoms with Gasteiger partial charge in [0.15, 0.2) is 4.90 Å². The number of sulfonamides is 1. The Bertz CT molecular complexity index is 667. The van der Waals surface area contributed by atoms with Crippen molar-refractivity contribution in [1.82, 2.24) is 9.62 Å². The third-order valence-corrected chi connectivity index (χ3v) is 6.26. The number of rotatable bonds is 3. The minimum absolute atomic E-state index is 0. The van der Waals surface area contributed by atoms with E-state index in [1.807, 2.05) is 0 Å². The van der Waals surface area contributed by atoms with Crippen molar-refractivity contribution in [1.29, 1.82) is 0 Å². The first-order chi connectivity index (χ1) is 10.00. The van der Waals surface area contributed by atoms with E-state index < -0.39 is 14.9 Å². The molecule has 0 aliphatic carbocycles. The minimum Gasteiger partial charge on any atom is -0.316 e. The Balaban J connectivity index is 0.00000176. The Labute approximate surface area is 135 Å². The second-order valence-electron chi connectivity index (χ2n) is 5.55. The lowest BCUT2D eigenvalue weighted by atomic mass is 9.90. The molecule has 1 aromatic rings. The quantitative estimate of drug-likeness (QED) is 0.656. The SMILES string of the molecule is Cl.O=[N+]([O-])c1ccccc1S(=O)(=O)N1CCC2CNCC2C1. The summed E-state index contributed by atoms with van der Waals surface area (Å²) in [6.07, 6.45) is 0.803. The van der Waals surface area contributed by atoms with Crippen LogP contribution in [0.25, 0.3) is 0 Å². The van der Waals surface area contributed by atoms with Crippen molar-refractivity contribution in [3.05, 3.63) is 34.4 Å². The average molecular weight is 348 g/mol. The largest absolute Gasteiger partial charge is 0.316 e. The van der Waals surface area contributed by atoms with Crippen molar-refractivity contribution in [3.63, 3.8) is 0 Å². The number of hydrogen-bond donors (Lipinski definition) is 1. The molecule has 7 nitrogen and oxygen atoms in total. The Hall–Kier alpha value is -1.22. The average Bonchev–Trinajstić information content (AvgIpc) is 2.94. The maximum absolute atomic E-state index is 12.7. The third kappa shape index (κ3) is 2.96. The number of halogens is 1. The molecule has 122 valence electrons. The Morgan fingerprint density at radius 1 is 1.23 bits per heavy atom. The molecule has 1 aromatic carbocycles. The summed E-state index contributed by atoms with van der Waals surface area (Å²) in [7, 11) is -3.81. The van der Waals surface area contributed by atoms with Gasteiger partial charge in [-0.05, 0) is 37.4 Å². The van der Waals surface area contributed by atoms with Gasteiger partial charge in [-0.3, -0.25) is 10.1 Å². The second kappa shape index (κ2) is 6.49. The van der Waals surface area contributed by atoms with E-state index >= 15 is 0 Å². The van der Waals surface area contributed by atoms with Crippen LogP contribution in [0.3, 0.4) is 0 Å². The van der Waals surface area contributed by atoms with Crippen LogP contribution < -0.4 is 5.32 Å². The molecule has 3 rings (SSSR count). The van der Waals surface area contributed by atoms with E-state index in [0.717, 1.165) is 19.5 Å². The van der Waals surface area contributed by atoms with Gasteiger partial charge >= 0.3 is 0 Å². The fraction of sp³-hybridized carbons (Fsp3) is 0.538. The summed E-state index contributed by atoms with van der Waals surface area (Å²) in [5, 5.41) is 14.3. The van der Waals surface area contributed by atoms with Crippen molar-refractivity contribution in [2.45, 2.75) is 11.3 Å². The fourth-order valence-corrected chi connectivity index (χ4v) is 4.85. The van der Waals surface area contributed by atoms with Crippen LogP contribution in [-0.2, 0) is 10.0 Å². The van der Waals surface area contributed by atoms with E-state index in [9.17, 15) is 18.5 Å². The van der Waals surface area contributed by atoms with Gasteiger partial charge in [-0.1, -0.05) is 12.1 Å². The van der Waals surface area contributed by atoms with Crippen LogP contribution in [0.4, 0.5) is 5.69 Å². The van der Waals surface area contributed by atoms with Gasteiger partial charge in [-0.15, -0.1) is 12.4 Å². The maximum Gasteiger partial charge on any atom is 0.289 e. The summed E-state index contributed by atoms with van der Waals surface area (Å²) >= 11 is 0. The number of hydrogen-bond acceptors (Lipinski definition) is 5. The first-order valence-electron chi connectivity index (χ1n) is 6.94. The van der Waals surface area contributed by atoms with E-state index in [1.165, 1.54) is 28.6 Å². The Morgan fingerprint density at radius 2 is 1.91 bits per heavy atom. The Kier molecular flexibility index (Phi) is 5.06. The van der Waals surface area contributed by atoms with Crippen molar-refractivity contribution < 1.29 is 13.3 Å². The topological polar surface area (TPSA) is 92.5 Å². The molecule has 2 fully saturated rings. The number of nitrogens with one attached hydrogen (secondary N) is 1. The van der Waals surface area contributed by atoms with Gasteiger partial charge < -0.3 is 5.32 Å². The van der Waals surface area contributed by atoms with Crippen LogP contribution in [0.5, 0.6) is 0 Å². The van der Waals surface area contributed by atoms with Crippen molar-refractivity contribution in [2.24, 2.45) is 11.8 Å². The monoisotopic (exact) mass is 347 g/mol. The predicted octanol–water partition coefficient (Wildman–Crippen LogP) is 1.25. The van der Waals surface area contributed by atoms with Gasteiger partial charge in [0.25, 0.3) is 5.69 Å². The highest BCUT2D eigenvalue weighted by Crippen LogP contribution is 2.32. The van der Waals surface area contributed by atoms with Crippen molar-refractivity contribution in [3.8, 4) is 0 Å². The van der Waals surface area contributed by atoms with E-state index in [1.54, 1.807) is 0 Å². The molecule has 22 heavy (non-hydrogen) atoms. The number of nitro benzene ring substituents is 1. The van der Waals surface area contributed by atoms with Crippen LogP contribution in [-0.4, -0.2) is 43.8 Å². The highest BCUT2D eigenvalue weighted by atomic mass is 35.5. The zero-order valence-electron chi connectivity index (χ0n) is 11.8. The Morgan fingerprint density at radius 3 is 2.64 bits per heavy atom. The smallest absolute Gasteiger partial charge is 0.289 e. The van der Waals surface area contributed by atoms with Gasteiger partial charge in [0, 0.05) is 19.2 Å². The number of fused-ring (bicyclic) bond motifs is 1. The van der Waals surface area contributed by atoms with E-state index in [2.05, 4.69) is 5.32 Å². The van der Waals surface area contributed by atoms with Gasteiger partial charge in [0.2, 0.25) is 10.0 Å². The molecule has 0 spiro atoms. The molecule has 0 aromatic heterocycles. The predicted molar refractivity (Wildman–Crippen MR) is 83.6 cm³/mol. The molecule has 2 atom stereocenters. The molecule has 1 N–H and O–H groups in total. The molecule has 2 aliphatic rings. The summed E-state index contributed by atoms with van der Waals surface area (Å²) in [5.41, 5.74) is -0.357. The van der Waals surface area contributed by atoms with E-state index in [4.69, 9.17) is 0 Å². The molecule has 2 unspecified atom stereocenters. The summed E-state index contributed by atoms with van der Waals surface area (Å²) in [4.78, 5) is 10.2. The van der Waals surface area contributed by atoms with Crippen LogP contribution in [0.2, 0.25) is 0 Å². The van der Waals surface area contributed by atoms with E-state index in [-0.39, 0.29) is 23.0 Å². The molecule has 0 bridgehead atoms. The first-order valence-corrected chi connectivity index (χ1v) is 8.38. The van der Waals surface area contributed by atoms with Crippen LogP contribution in [0.1, 0.15) is 6.42 Å². The molecule has 0 radical (unpaired) electrons. The normalized spacial score (nSPS) is 25.3. The molecule has 0 amide bonds. The zero-order chi connectivity index (χ0) is 15.0. The van der Waals surface area contributed by atoms with Gasteiger partial charge in [0.1, 0.15) is 0 Å². The summed E-state index contributed by atoms with van der Waals surface area (Å²) < 4.78 is 26.8. The number of para-hydroxylation sites is 1. The van der Waals surface area contributed by atoms with Gasteiger partial charge in [-0.2, -0.15) is 4.31 Å². The number of nitro groups is 1. The summed E-state index contributed by atoms with van der Waals surface area (Å²) in [5.74, 6) is 0.818. The molecule has 9 heteroatoms. The second-order valence-corrected chi connectivity index (χ2v) is 7.46. The van der Waals surface area contributed by atoms with Crippen molar-refractivity contribution in [2.75, 3.05) is 26.2 Å². The molecular weight excluding hydrogens is 330 g/mol. The van der Waals surface area contributed by atoms with Crippen LogP contribution in [0.15, 0.2) is 29.2 Å². The molecule has 2 aliphatic heterocycles. The minimum atomic E-state index is -3.81. The summed E-state index contributed by atoms with van der Waals surface area (Å²) in [6.45, 7) is 2.61. The number of benzene rings is 1. The number of nitrogens with zero attached hydrogens (tertiary/aromatic N) is 2. The van der Waals surface area contributed by atoms with Gasteiger partial charge in [-0.25, -0.2) is 8.42 Å². The third-order valence-electron chi connectivity index (χ3n) is 4.35. The lowest BCUT2D eigenvalue weighted by Gasteiger charge is -2.33. The van der Waals surface area contributed by atoms with Gasteiger partial charge in [0.05, 0.1) is 4.92 Å². The van der Waals surface area contributed by atoms with Crippen LogP contribution in [0, 0.1) is 22.0 Å². The van der Waals surface area contributed by atoms with E-state index in [0.29, 0.717) is 24.9 Å². The highest BCUT2D eigenvalue weighted by Gasteiger charge is 2.39. The number of piperidine rings is 1. The van der Waals surface area contributed by atoms with Crippen LogP contribution >= 0.6 is 12.4 Å². The molecular formula is C13H18ClN3O4S. The molecule has 2 saturated heterocycles. The fourth-order valence-electron chi connectivity index (χ4n) is 3.19. The lowest BCUT2D eigenvalue weighted by molar-refractivity contribution is -0.387.